The SMILES string of the molecule is CCCCCC[N+](CCCCCC)(CCCCCC)CCCCC(=O)O. The second kappa shape index (κ2) is 17.8. The van der Waals surface area contributed by atoms with E-state index in [-0.39, 0.29) is 0 Å². The first-order chi connectivity index (χ1) is 12.6. The second-order valence-corrected chi connectivity index (χ2v) is 8.27. The number of aliphatic carboxylic acids is 1. The van der Waals surface area contributed by atoms with Crippen LogP contribution < -0.4 is 0 Å². The van der Waals surface area contributed by atoms with Crippen molar-refractivity contribution in [3.8, 4) is 0 Å². The van der Waals surface area contributed by atoms with E-state index in [9.17, 15) is 4.79 Å². The van der Waals surface area contributed by atoms with Gasteiger partial charge in [-0.1, -0.05) is 59.3 Å². The molecule has 0 aromatic rings. The van der Waals surface area contributed by atoms with Gasteiger partial charge in [-0.3, -0.25) is 4.79 Å². The van der Waals surface area contributed by atoms with Gasteiger partial charge in [-0.05, 0) is 51.4 Å². The standard InChI is InChI=1S/C23H47NO2/c1-4-7-10-14-19-24(20-15-11-8-5-2,21-16-12-9-6-3)22-17-13-18-23(25)26/h4-22H2,1-3H3/p+1. The van der Waals surface area contributed by atoms with Crippen molar-refractivity contribution in [1.29, 1.82) is 0 Å². The van der Waals surface area contributed by atoms with E-state index in [1.807, 2.05) is 0 Å². The zero-order valence-corrected chi connectivity index (χ0v) is 18.2. The van der Waals surface area contributed by atoms with Gasteiger partial charge in [-0.15, -0.1) is 0 Å². The largest absolute Gasteiger partial charge is 0.481 e. The smallest absolute Gasteiger partial charge is 0.303 e. The lowest BCUT2D eigenvalue weighted by molar-refractivity contribution is -0.929. The van der Waals surface area contributed by atoms with Gasteiger partial charge in [-0.25, -0.2) is 0 Å². The van der Waals surface area contributed by atoms with Gasteiger partial charge >= 0.3 is 5.97 Å². The van der Waals surface area contributed by atoms with Gasteiger partial charge in [0.1, 0.15) is 0 Å². The molecule has 0 aromatic carbocycles. The Hall–Kier alpha value is -0.570. The van der Waals surface area contributed by atoms with Crippen LogP contribution in [0.3, 0.4) is 0 Å². The molecule has 3 heteroatoms. The number of nitrogens with zero attached hydrogens (tertiary/aromatic N) is 1. The number of rotatable bonds is 20. The molecular weight excluding hydrogens is 322 g/mol. The number of quaternary nitrogens is 1. The first kappa shape index (κ1) is 25.4. The van der Waals surface area contributed by atoms with Crippen LogP contribution >= 0.6 is 0 Å². The minimum Gasteiger partial charge on any atom is -0.481 e. The molecule has 0 fully saturated rings. The van der Waals surface area contributed by atoms with Crippen LogP contribution in [0, 0.1) is 0 Å². The van der Waals surface area contributed by atoms with E-state index in [1.165, 1.54) is 108 Å². The Labute approximate surface area is 164 Å². The van der Waals surface area contributed by atoms with Crippen molar-refractivity contribution < 1.29 is 14.4 Å². The molecule has 0 unspecified atom stereocenters. The highest BCUT2D eigenvalue weighted by Crippen LogP contribution is 2.19. The Bertz CT molecular complexity index is 286. The monoisotopic (exact) mass is 370 g/mol. The topological polar surface area (TPSA) is 37.3 Å². The van der Waals surface area contributed by atoms with Crippen LogP contribution in [-0.4, -0.2) is 41.7 Å². The average Bonchev–Trinajstić information content (AvgIpc) is 2.63. The summed E-state index contributed by atoms with van der Waals surface area (Å²) in [5.41, 5.74) is 0. The summed E-state index contributed by atoms with van der Waals surface area (Å²) in [6.45, 7) is 12.0. The molecule has 0 amide bonds. The van der Waals surface area contributed by atoms with Crippen LogP contribution in [0.4, 0.5) is 0 Å². The van der Waals surface area contributed by atoms with Crippen LogP contribution in [-0.2, 0) is 4.79 Å². The number of hydrogen-bond donors (Lipinski definition) is 1. The molecule has 0 saturated heterocycles. The molecule has 0 aliphatic heterocycles. The van der Waals surface area contributed by atoms with Crippen molar-refractivity contribution in [1.82, 2.24) is 0 Å². The van der Waals surface area contributed by atoms with Crippen molar-refractivity contribution in [3.63, 3.8) is 0 Å². The van der Waals surface area contributed by atoms with Crippen molar-refractivity contribution >= 4 is 5.97 Å². The van der Waals surface area contributed by atoms with Crippen LogP contribution in [0.1, 0.15) is 117 Å². The van der Waals surface area contributed by atoms with Gasteiger partial charge in [-0.2, -0.15) is 0 Å². The number of carboxylic acid groups (broad SMARTS) is 1. The molecule has 0 atom stereocenters. The first-order valence-corrected chi connectivity index (χ1v) is 11.7. The fourth-order valence-electron chi connectivity index (χ4n) is 4.02. The summed E-state index contributed by atoms with van der Waals surface area (Å²) in [6, 6.07) is 0. The fraction of sp³-hybridized carbons (Fsp3) is 0.957. The Morgan fingerprint density at radius 1 is 0.577 bits per heavy atom. The third kappa shape index (κ3) is 14.6. The minimum atomic E-state index is -0.642. The van der Waals surface area contributed by atoms with Crippen LogP contribution in [0.2, 0.25) is 0 Å². The lowest BCUT2D eigenvalue weighted by atomic mass is 10.1. The van der Waals surface area contributed by atoms with E-state index in [2.05, 4.69) is 20.8 Å². The normalized spacial score (nSPS) is 11.8. The summed E-state index contributed by atoms with van der Waals surface area (Å²) in [5, 5.41) is 8.94. The van der Waals surface area contributed by atoms with Crippen LogP contribution in [0.15, 0.2) is 0 Å². The maximum atomic E-state index is 10.9. The number of hydrogen-bond acceptors (Lipinski definition) is 1. The zero-order valence-electron chi connectivity index (χ0n) is 18.2. The Kier molecular flexibility index (Phi) is 17.4. The third-order valence-electron chi connectivity index (χ3n) is 5.73. The number of carboxylic acids is 1. The predicted octanol–water partition coefficient (Wildman–Crippen LogP) is 6.80. The van der Waals surface area contributed by atoms with E-state index in [0.717, 1.165) is 12.8 Å². The number of carbonyl (C=O) groups is 1. The maximum absolute atomic E-state index is 10.9. The number of unbranched alkanes of at least 4 members (excludes halogenated alkanes) is 10. The summed E-state index contributed by atoms with van der Waals surface area (Å²) >= 11 is 0. The van der Waals surface area contributed by atoms with Gasteiger partial charge in [0.25, 0.3) is 0 Å². The third-order valence-corrected chi connectivity index (χ3v) is 5.73. The first-order valence-electron chi connectivity index (χ1n) is 11.7. The van der Waals surface area contributed by atoms with Gasteiger partial charge in [0, 0.05) is 6.42 Å². The Balaban J connectivity index is 4.70. The Morgan fingerprint density at radius 3 is 1.23 bits per heavy atom. The van der Waals surface area contributed by atoms with Crippen LogP contribution in [0.5, 0.6) is 0 Å². The summed E-state index contributed by atoms with van der Waals surface area (Å²) in [6.07, 6.45) is 18.3. The molecule has 3 nitrogen and oxygen atoms in total. The van der Waals surface area contributed by atoms with Crippen molar-refractivity contribution in [2.75, 3.05) is 26.2 Å². The van der Waals surface area contributed by atoms with Crippen molar-refractivity contribution in [3.05, 3.63) is 0 Å². The maximum Gasteiger partial charge on any atom is 0.303 e. The second-order valence-electron chi connectivity index (χ2n) is 8.27. The molecule has 0 aliphatic rings. The molecule has 0 radical (unpaired) electrons. The van der Waals surface area contributed by atoms with E-state index >= 15 is 0 Å². The molecular formula is C23H48NO2+. The van der Waals surface area contributed by atoms with Crippen molar-refractivity contribution in [2.45, 2.75) is 117 Å². The molecule has 0 bridgehead atoms. The lowest BCUT2D eigenvalue weighted by Crippen LogP contribution is -2.50. The molecule has 0 aromatic heterocycles. The van der Waals surface area contributed by atoms with E-state index in [1.54, 1.807) is 0 Å². The molecule has 26 heavy (non-hydrogen) atoms. The highest BCUT2D eigenvalue weighted by molar-refractivity contribution is 5.66. The summed E-state index contributed by atoms with van der Waals surface area (Å²) < 4.78 is 1.26. The zero-order chi connectivity index (χ0) is 19.5. The molecule has 0 rings (SSSR count). The van der Waals surface area contributed by atoms with E-state index in [0.29, 0.717) is 6.42 Å². The van der Waals surface area contributed by atoms with E-state index < -0.39 is 5.97 Å². The molecule has 0 heterocycles. The highest BCUT2D eigenvalue weighted by atomic mass is 16.4. The Morgan fingerprint density at radius 2 is 0.923 bits per heavy atom. The quantitative estimate of drug-likeness (QED) is 0.189. The van der Waals surface area contributed by atoms with Gasteiger partial charge < -0.3 is 9.59 Å². The molecule has 0 spiro atoms. The van der Waals surface area contributed by atoms with Crippen LogP contribution in [0.25, 0.3) is 0 Å². The lowest BCUT2D eigenvalue weighted by Gasteiger charge is -2.39. The molecule has 156 valence electrons. The minimum absolute atomic E-state index is 0.335. The highest BCUT2D eigenvalue weighted by Gasteiger charge is 2.25. The fourth-order valence-corrected chi connectivity index (χ4v) is 4.02. The van der Waals surface area contributed by atoms with E-state index in [4.69, 9.17) is 5.11 Å². The molecule has 0 aliphatic carbocycles. The molecule has 0 saturated carbocycles. The van der Waals surface area contributed by atoms with Gasteiger partial charge in [0.05, 0.1) is 26.2 Å². The predicted molar refractivity (Wildman–Crippen MR) is 114 cm³/mol. The van der Waals surface area contributed by atoms with Crippen molar-refractivity contribution in [2.24, 2.45) is 0 Å². The molecule has 1 N–H and O–H groups in total. The summed E-state index contributed by atoms with van der Waals surface area (Å²) in [5.74, 6) is -0.642. The average molecular weight is 371 g/mol. The summed E-state index contributed by atoms with van der Waals surface area (Å²) in [7, 11) is 0. The summed E-state index contributed by atoms with van der Waals surface area (Å²) in [4.78, 5) is 10.9. The van der Waals surface area contributed by atoms with Gasteiger partial charge in [0.2, 0.25) is 0 Å². The van der Waals surface area contributed by atoms with Gasteiger partial charge in [0.15, 0.2) is 0 Å².